The molecule has 0 radical (unpaired) electrons. The van der Waals surface area contributed by atoms with Gasteiger partial charge in [-0.1, -0.05) is 26.0 Å². The van der Waals surface area contributed by atoms with Gasteiger partial charge in [-0.2, -0.15) is 0 Å². The van der Waals surface area contributed by atoms with Crippen molar-refractivity contribution in [2.45, 2.75) is 53.0 Å². The number of pyridine rings is 1. The summed E-state index contributed by atoms with van der Waals surface area (Å²) in [7, 11) is 0. The summed E-state index contributed by atoms with van der Waals surface area (Å²) in [5.74, 6) is 0.217. The SMILES string of the molecule is Cc1ccn(CCC(C)C)c(=O)c1C(=O)Nc1ccc(CC(=O)N2CCCC2)cc1. The van der Waals surface area contributed by atoms with Crippen LogP contribution in [0.15, 0.2) is 41.3 Å². The second kappa shape index (κ2) is 9.74. The zero-order valence-corrected chi connectivity index (χ0v) is 18.1. The second-order valence-corrected chi connectivity index (χ2v) is 8.47. The molecule has 1 N–H and O–H groups in total. The first-order valence-electron chi connectivity index (χ1n) is 10.7. The highest BCUT2D eigenvalue weighted by atomic mass is 16.2. The van der Waals surface area contributed by atoms with Crippen LogP contribution in [-0.2, 0) is 17.8 Å². The zero-order valence-electron chi connectivity index (χ0n) is 18.1. The van der Waals surface area contributed by atoms with E-state index in [1.165, 1.54) is 0 Å². The highest BCUT2D eigenvalue weighted by Gasteiger charge is 2.19. The van der Waals surface area contributed by atoms with Gasteiger partial charge in [0.05, 0.1) is 6.42 Å². The second-order valence-electron chi connectivity index (χ2n) is 8.47. The van der Waals surface area contributed by atoms with Crippen LogP contribution < -0.4 is 10.9 Å². The molecule has 0 spiro atoms. The fraction of sp³-hybridized carbons (Fsp3) is 0.458. The lowest BCUT2D eigenvalue weighted by Gasteiger charge is -2.15. The van der Waals surface area contributed by atoms with E-state index in [0.717, 1.165) is 37.9 Å². The normalized spacial score (nSPS) is 13.7. The maximum absolute atomic E-state index is 12.8. The van der Waals surface area contributed by atoms with E-state index < -0.39 is 5.91 Å². The Morgan fingerprint density at radius 2 is 1.73 bits per heavy atom. The lowest BCUT2D eigenvalue weighted by atomic mass is 10.1. The largest absolute Gasteiger partial charge is 0.342 e. The predicted molar refractivity (Wildman–Crippen MR) is 119 cm³/mol. The number of carbonyl (C=O) groups is 2. The molecule has 1 aliphatic rings. The van der Waals surface area contributed by atoms with E-state index in [0.29, 0.717) is 30.1 Å². The monoisotopic (exact) mass is 409 g/mol. The Morgan fingerprint density at radius 3 is 2.37 bits per heavy atom. The first-order valence-corrected chi connectivity index (χ1v) is 10.7. The van der Waals surface area contributed by atoms with Crippen molar-refractivity contribution in [1.29, 1.82) is 0 Å². The molecular weight excluding hydrogens is 378 g/mol. The predicted octanol–water partition coefficient (Wildman–Crippen LogP) is 3.62. The molecule has 3 rings (SSSR count). The van der Waals surface area contributed by atoms with Crippen LogP contribution >= 0.6 is 0 Å². The molecule has 6 heteroatoms. The summed E-state index contributed by atoms with van der Waals surface area (Å²) in [4.78, 5) is 39.8. The molecule has 1 fully saturated rings. The third-order valence-electron chi connectivity index (χ3n) is 5.57. The van der Waals surface area contributed by atoms with E-state index in [4.69, 9.17) is 0 Å². The molecular formula is C24H31N3O3. The Bertz CT molecular complexity index is 955. The van der Waals surface area contributed by atoms with Crippen molar-refractivity contribution in [3.63, 3.8) is 0 Å². The van der Waals surface area contributed by atoms with Crippen LogP contribution in [0.4, 0.5) is 5.69 Å². The number of hydrogen-bond acceptors (Lipinski definition) is 3. The van der Waals surface area contributed by atoms with E-state index in [-0.39, 0.29) is 17.0 Å². The van der Waals surface area contributed by atoms with E-state index in [1.54, 1.807) is 29.8 Å². The van der Waals surface area contributed by atoms with E-state index in [2.05, 4.69) is 19.2 Å². The van der Waals surface area contributed by atoms with Crippen LogP contribution in [-0.4, -0.2) is 34.4 Å². The van der Waals surface area contributed by atoms with Crippen molar-refractivity contribution < 1.29 is 9.59 Å². The average Bonchev–Trinajstić information content (AvgIpc) is 3.24. The standard InChI is InChI=1S/C24H31N3O3/c1-17(2)10-14-27-15-11-18(3)22(24(27)30)23(29)25-20-8-6-19(7-9-20)16-21(28)26-12-4-5-13-26/h6-9,11,15,17H,4-5,10,12-14,16H2,1-3H3,(H,25,29). The Hall–Kier alpha value is -2.89. The van der Waals surface area contributed by atoms with Crippen molar-refractivity contribution in [2.75, 3.05) is 18.4 Å². The van der Waals surface area contributed by atoms with Gasteiger partial charge in [0.1, 0.15) is 5.56 Å². The molecule has 1 saturated heterocycles. The van der Waals surface area contributed by atoms with Crippen molar-refractivity contribution in [2.24, 2.45) is 5.92 Å². The van der Waals surface area contributed by atoms with Crippen molar-refractivity contribution >= 4 is 17.5 Å². The summed E-state index contributed by atoms with van der Waals surface area (Å²) in [5.41, 5.74) is 2.09. The number of likely N-dealkylation sites (tertiary alicyclic amines) is 1. The van der Waals surface area contributed by atoms with Gasteiger partial charge in [0, 0.05) is 31.5 Å². The van der Waals surface area contributed by atoms with Crippen molar-refractivity contribution in [3.8, 4) is 0 Å². The van der Waals surface area contributed by atoms with Crippen molar-refractivity contribution in [1.82, 2.24) is 9.47 Å². The van der Waals surface area contributed by atoms with E-state index in [1.807, 2.05) is 23.1 Å². The number of anilines is 1. The van der Waals surface area contributed by atoms with Crippen LogP contribution in [0.1, 0.15) is 54.6 Å². The quantitative estimate of drug-likeness (QED) is 0.759. The Morgan fingerprint density at radius 1 is 1.07 bits per heavy atom. The van der Waals surface area contributed by atoms with Crippen molar-refractivity contribution in [3.05, 3.63) is 63.6 Å². The minimum absolute atomic E-state index is 0.145. The zero-order chi connectivity index (χ0) is 21.7. The summed E-state index contributed by atoms with van der Waals surface area (Å²) in [6.45, 7) is 8.27. The average molecular weight is 410 g/mol. The van der Waals surface area contributed by atoms with Crippen LogP contribution in [0.5, 0.6) is 0 Å². The maximum Gasteiger partial charge on any atom is 0.263 e. The topological polar surface area (TPSA) is 71.4 Å². The summed E-state index contributed by atoms with van der Waals surface area (Å²) in [6, 6.07) is 9.06. The highest BCUT2D eigenvalue weighted by molar-refractivity contribution is 6.05. The molecule has 2 amide bonds. The van der Waals surface area contributed by atoms with Crippen LogP contribution in [0.25, 0.3) is 0 Å². The molecule has 2 heterocycles. The number of benzene rings is 1. The number of amides is 2. The number of aromatic nitrogens is 1. The summed E-state index contributed by atoms with van der Waals surface area (Å²) in [6.07, 6.45) is 5.15. The highest BCUT2D eigenvalue weighted by Crippen LogP contribution is 2.15. The molecule has 1 aliphatic heterocycles. The summed E-state index contributed by atoms with van der Waals surface area (Å²) >= 11 is 0. The lowest BCUT2D eigenvalue weighted by Crippen LogP contribution is -2.30. The number of hydrogen-bond donors (Lipinski definition) is 1. The fourth-order valence-electron chi connectivity index (χ4n) is 3.67. The van der Waals surface area contributed by atoms with Gasteiger partial charge in [0.15, 0.2) is 0 Å². The molecule has 2 aromatic rings. The fourth-order valence-corrected chi connectivity index (χ4v) is 3.67. The third-order valence-corrected chi connectivity index (χ3v) is 5.57. The molecule has 30 heavy (non-hydrogen) atoms. The Labute approximate surface area is 177 Å². The van der Waals surface area contributed by atoms with Crippen LogP contribution in [0.2, 0.25) is 0 Å². The molecule has 0 saturated carbocycles. The van der Waals surface area contributed by atoms with Gasteiger partial charge in [-0.3, -0.25) is 14.4 Å². The lowest BCUT2D eigenvalue weighted by molar-refractivity contribution is -0.129. The molecule has 0 unspecified atom stereocenters. The van der Waals surface area contributed by atoms with Gasteiger partial charge in [-0.25, -0.2) is 0 Å². The van der Waals surface area contributed by atoms with Crippen LogP contribution in [0.3, 0.4) is 0 Å². The number of nitrogens with zero attached hydrogens (tertiary/aromatic N) is 2. The van der Waals surface area contributed by atoms with Gasteiger partial charge in [0.2, 0.25) is 5.91 Å². The first kappa shape index (κ1) is 21.8. The molecule has 1 aromatic carbocycles. The molecule has 0 atom stereocenters. The van der Waals surface area contributed by atoms with E-state index >= 15 is 0 Å². The number of aryl methyl sites for hydroxylation is 2. The number of carbonyl (C=O) groups excluding carboxylic acids is 2. The smallest absolute Gasteiger partial charge is 0.263 e. The number of nitrogens with one attached hydrogen (secondary N) is 1. The van der Waals surface area contributed by atoms with Gasteiger partial charge in [-0.05, 0) is 61.4 Å². The molecule has 0 aliphatic carbocycles. The van der Waals surface area contributed by atoms with Gasteiger partial charge in [-0.15, -0.1) is 0 Å². The van der Waals surface area contributed by atoms with E-state index in [9.17, 15) is 14.4 Å². The maximum atomic E-state index is 12.8. The number of rotatable bonds is 7. The molecule has 6 nitrogen and oxygen atoms in total. The van der Waals surface area contributed by atoms with Gasteiger partial charge < -0.3 is 14.8 Å². The summed E-state index contributed by atoms with van der Waals surface area (Å²) < 4.78 is 1.61. The minimum atomic E-state index is -0.405. The molecule has 1 aromatic heterocycles. The first-order chi connectivity index (χ1) is 14.3. The van der Waals surface area contributed by atoms with Crippen LogP contribution in [0, 0.1) is 12.8 Å². The minimum Gasteiger partial charge on any atom is -0.342 e. The van der Waals surface area contributed by atoms with Gasteiger partial charge >= 0.3 is 0 Å². The summed E-state index contributed by atoms with van der Waals surface area (Å²) in [5, 5.41) is 2.82. The Balaban J connectivity index is 1.67. The third kappa shape index (κ3) is 5.38. The van der Waals surface area contributed by atoms with Gasteiger partial charge in [0.25, 0.3) is 11.5 Å². The molecule has 0 bridgehead atoms. The molecule has 160 valence electrons. The Kier molecular flexibility index (Phi) is 7.08.